The molecule has 1 aromatic heterocycles. The van der Waals surface area contributed by atoms with E-state index in [1.54, 1.807) is 16.0 Å². The average molecular weight is 336 g/mol. The summed E-state index contributed by atoms with van der Waals surface area (Å²) in [4.78, 5) is 32.0. The smallest absolute Gasteiger partial charge is 0.319 e. The van der Waals surface area contributed by atoms with Crippen LogP contribution < -0.4 is 5.32 Å². The minimum Gasteiger partial charge on any atom is -0.334 e. The van der Waals surface area contributed by atoms with E-state index in [0.29, 0.717) is 19.3 Å². The maximum Gasteiger partial charge on any atom is 0.319 e. The Morgan fingerprint density at radius 3 is 2.76 bits per heavy atom. The summed E-state index contributed by atoms with van der Waals surface area (Å²) in [5.74, 6) is 0.0490. The van der Waals surface area contributed by atoms with Gasteiger partial charge in [0.2, 0.25) is 5.91 Å². The fraction of sp³-hybridized carbons (Fsp3) is 0.316. The summed E-state index contributed by atoms with van der Waals surface area (Å²) in [5.41, 5.74) is 2.90. The van der Waals surface area contributed by atoms with Crippen LogP contribution in [-0.4, -0.2) is 46.0 Å². The second-order valence-corrected chi connectivity index (χ2v) is 6.51. The number of carbonyl (C=O) groups is 2. The number of nitrogens with zero attached hydrogens (tertiary/aromatic N) is 3. The van der Waals surface area contributed by atoms with E-state index in [1.165, 1.54) is 0 Å². The van der Waals surface area contributed by atoms with E-state index in [1.807, 2.05) is 42.5 Å². The van der Waals surface area contributed by atoms with E-state index in [2.05, 4.69) is 10.3 Å². The number of nitrogens with one attached hydrogen (secondary N) is 1. The fourth-order valence-corrected chi connectivity index (χ4v) is 3.05. The minimum atomic E-state index is -0.199. The van der Waals surface area contributed by atoms with Crippen molar-refractivity contribution in [2.75, 3.05) is 13.2 Å². The lowest BCUT2D eigenvalue weighted by molar-refractivity contribution is -0.127. The molecule has 25 heavy (non-hydrogen) atoms. The van der Waals surface area contributed by atoms with Crippen molar-refractivity contribution in [3.05, 3.63) is 54.2 Å². The zero-order valence-corrected chi connectivity index (χ0v) is 13.9. The quantitative estimate of drug-likeness (QED) is 0.931. The molecule has 2 aliphatic rings. The number of carbonyl (C=O) groups excluding carboxylic acids is 2. The molecule has 1 N–H and O–H groups in total. The number of urea groups is 1. The normalized spacial score (nSPS) is 17.0. The van der Waals surface area contributed by atoms with Gasteiger partial charge in [0.1, 0.15) is 6.54 Å². The van der Waals surface area contributed by atoms with Crippen LogP contribution in [-0.2, 0) is 11.3 Å². The molecule has 1 saturated carbocycles. The van der Waals surface area contributed by atoms with Crippen LogP contribution in [0.1, 0.15) is 18.4 Å². The lowest BCUT2D eigenvalue weighted by Crippen LogP contribution is -2.39. The Morgan fingerprint density at radius 2 is 2.00 bits per heavy atom. The van der Waals surface area contributed by atoms with Crippen LogP contribution >= 0.6 is 0 Å². The Balaban J connectivity index is 1.37. The first kappa shape index (κ1) is 15.6. The summed E-state index contributed by atoms with van der Waals surface area (Å²) >= 11 is 0. The average Bonchev–Trinajstić information content (AvgIpc) is 3.42. The van der Waals surface area contributed by atoms with Gasteiger partial charge in [0.15, 0.2) is 0 Å². The van der Waals surface area contributed by atoms with Gasteiger partial charge in [0, 0.05) is 24.3 Å². The Labute approximate surface area is 146 Å². The van der Waals surface area contributed by atoms with Crippen molar-refractivity contribution in [2.24, 2.45) is 0 Å². The zero-order chi connectivity index (χ0) is 17.2. The van der Waals surface area contributed by atoms with Crippen LogP contribution in [0.15, 0.2) is 48.7 Å². The summed E-state index contributed by atoms with van der Waals surface area (Å²) < 4.78 is 0. The van der Waals surface area contributed by atoms with E-state index in [4.69, 9.17) is 0 Å². The number of hydrogen-bond acceptors (Lipinski definition) is 3. The van der Waals surface area contributed by atoms with Crippen molar-refractivity contribution < 1.29 is 9.59 Å². The predicted molar refractivity (Wildman–Crippen MR) is 93.3 cm³/mol. The van der Waals surface area contributed by atoms with Crippen LogP contribution in [0.25, 0.3) is 11.3 Å². The lowest BCUT2D eigenvalue weighted by atomic mass is 10.1. The van der Waals surface area contributed by atoms with Crippen LogP contribution in [0, 0.1) is 0 Å². The fourth-order valence-electron chi connectivity index (χ4n) is 3.05. The second kappa shape index (κ2) is 6.55. The largest absolute Gasteiger partial charge is 0.334 e. The third kappa shape index (κ3) is 3.47. The van der Waals surface area contributed by atoms with E-state index in [9.17, 15) is 9.59 Å². The van der Waals surface area contributed by atoms with Gasteiger partial charge in [-0.25, -0.2) is 4.79 Å². The number of aromatic nitrogens is 1. The molecule has 128 valence electrons. The van der Waals surface area contributed by atoms with Gasteiger partial charge in [0.05, 0.1) is 12.4 Å². The summed E-state index contributed by atoms with van der Waals surface area (Å²) in [6.07, 6.45) is 3.86. The first-order chi connectivity index (χ1) is 12.2. The summed E-state index contributed by atoms with van der Waals surface area (Å²) in [6.45, 7) is 0.990. The monoisotopic (exact) mass is 336 g/mol. The van der Waals surface area contributed by atoms with Gasteiger partial charge in [-0.3, -0.25) is 14.7 Å². The number of hydrogen-bond donors (Lipinski definition) is 1. The van der Waals surface area contributed by atoms with E-state index < -0.39 is 0 Å². The molecule has 6 nitrogen and oxygen atoms in total. The highest BCUT2D eigenvalue weighted by Gasteiger charge is 2.39. The molecule has 6 heteroatoms. The summed E-state index contributed by atoms with van der Waals surface area (Å²) in [6, 6.07) is 13.9. The van der Waals surface area contributed by atoms with E-state index >= 15 is 0 Å². The predicted octanol–water partition coefficient (Wildman–Crippen LogP) is 2.22. The van der Waals surface area contributed by atoms with Crippen molar-refractivity contribution in [3.63, 3.8) is 0 Å². The van der Waals surface area contributed by atoms with Gasteiger partial charge in [-0.1, -0.05) is 30.3 Å². The first-order valence-corrected chi connectivity index (χ1v) is 8.53. The molecule has 1 aromatic carbocycles. The zero-order valence-electron chi connectivity index (χ0n) is 13.9. The minimum absolute atomic E-state index is 0.0490. The third-order valence-electron chi connectivity index (χ3n) is 4.58. The Kier molecular flexibility index (Phi) is 4.09. The molecule has 2 aromatic rings. The summed E-state index contributed by atoms with van der Waals surface area (Å²) in [7, 11) is 0. The number of benzene rings is 1. The van der Waals surface area contributed by atoms with Crippen molar-refractivity contribution in [1.82, 2.24) is 20.1 Å². The highest BCUT2D eigenvalue weighted by atomic mass is 16.2. The molecule has 0 atom stereocenters. The molecular formula is C19H20N4O2. The van der Waals surface area contributed by atoms with Gasteiger partial charge in [-0.05, 0) is 30.5 Å². The molecule has 1 saturated heterocycles. The molecule has 4 rings (SSSR count). The number of amides is 3. The molecule has 3 amide bonds. The van der Waals surface area contributed by atoms with Crippen LogP contribution in [0.3, 0.4) is 0 Å². The number of rotatable bonds is 4. The highest BCUT2D eigenvalue weighted by Crippen LogP contribution is 2.29. The molecule has 0 unspecified atom stereocenters. The molecular weight excluding hydrogens is 316 g/mol. The molecule has 2 heterocycles. The maximum absolute atomic E-state index is 12.3. The molecule has 1 aliphatic heterocycles. The SMILES string of the molecule is O=C(NCc1ccnc(-c2ccccc2)c1)N1CC(=O)N(C2CC2)C1. The topological polar surface area (TPSA) is 65.5 Å². The van der Waals surface area contributed by atoms with E-state index in [0.717, 1.165) is 29.7 Å². The summed E-state index contributed by atoms with van der Waals surface area (Å²) in [5, 5.41) is 2.90. The van der Waals surface area contributed by atoms with E-state index in [-0.39, 0.29) is 18.5 Å². The molecule has 0 bridgehead atoms. The maximum atomic E-state index is 12.3. The standard InChI is InChI=1S/C19H20N4O2/c24-18-12-22(13-23(18)16-6-7-16)19(25)21-11-14-8-9-20-17(10-14)15-4-2-1-3-5-15/h1-5,8-10,16H,6-7,11-13H2,(H,21,25). The lowest BCUT2D eigenvalue weighted by Gasteiger charge is -2.18. The van der Waals surface area contributed by atoms with Gasteiger partial charge in [0.25, 0.3) is 0 Å². The number of pyridine rings is 1. The molecule has 0 radical (unpaired) electrons. The van der Waals surface area contributed by atoms with Gasteiger partial charge in [-0.15, -0.1) is 0 Å². The Bertz CT molecular complexity index is 789. The Hall–Kier alpha value is -2.89. The molecule has 0 spiro atoms. The Morgan fingerprint density at radius 1 is 1.20 bits per heavy atom. The third-order valence-corrected chi connectivity index (χ3v) is 4.58. The van der Waals surface area contributed by atoms with Crippen molar-refractivity contribution in [2.45, 2.75) is 25.4 Å². The van der Waals surface area contributed by atoms with Crippen LogP contribution in [0.4, 0.5) is 4.79 Å². The molecule has 1 aliphatic carbocycles. The van der Waals surface area contributed by atoms with Crippen LogP contribution in [0.5, 0.6) is 0 Å². The molecule has 2 fully saturated rings. The van der Waals surface area contributed by atoms with Gasteiger partial charge in [-0.2, -0.15) is 0 Å². The van der Waals surface area contributed by atoms with Crippen molar-refractivity contribution in [1.29, 1.82) is 0 Å². The highest BCUT2D eigenvalue weighted by molar-refractivity contribution is 5.87. The second-order valence-electron chi connectivity index (χ2n) is 6.51. The van der Waals surface area contributed by atoms with Crippen LogP contribution in [0.2, 0.25) is 0 Å². The van der Waals surface area contributed by atoms with Gasteiger partial charge < -0.3 is 10.2 Å². The van der Waals surface area contributed by atoms with Crippen molar-refractivity contribution in [3.8, 4) is 11.3 Å². The van der Waals surface area contributed by atoms with Crippen molar-refractivity contribution >= 4 is 11.9 Å². The van der Waals surface area contributed by atoms with Gasteiger partial charge >= 0.3 is 6.03 Å². The first-order valence-electron chi connectivity index (χ1n) is 8.53.